The number of hydrogen-bond acceptors (Lipinski definition) is 2. The lowest BCUT2D eigenvalue weighted by molar-refractivity contribution is 0.346. The van der Waals surface area contributed by atoms with Crippen molar-refractivity contribution >= 4 is 54.9 Å². The summed E-state index contributed by atoms with van der Waals surface area (Å²) in [6.45, 7) is 2.26. The fourth-order valence-corrected chi connectivity index (χ4v) is 11.8. The third-order valence-corrected chi connectivity index (χ3v) is 15.4. The molecule has 10 aromatic rings. The summed E-state index contributed by atoms with van der Waals surface area (Å²) in [7, 11) is 0. The van der Waals surface area contributed by atoms with Gasteiger partial charge in [-0.15, -0.1) is 0 Å². The van der Waals surface area contributed by atoms with Crippen molar-refractivity contribution in [2.45, 2.75) is 56.9 Å². The number of allylic oxidation sites excluding steroid dienone is 6. The molecule has 13 rings (SSSR count). The van der Waals surface area contributed by atoms with Crippen molar-refractivity contribution in [3.05, 3.63) is 246 Å². The molecule has 4 heterocycles. The molecule has 3 aliphatic rings. The van der Waals surface area contributed by atoms with Crippen LogP contribution in [0.2, 0.25) is 0 Å². The van der Waals surface area contributed by atoms with Crippen LogP contribution in [0.4, 0.5) is 0 Å². The number of para-hydroxylation sites is 2. The average molecular weight is 891 g/mol. The van der Waals surface area contributed by atoms with Crippen LogP contribution in [0.25, 0.3) is 77.5 Å². The summed E-state index contributed by atoms with van der Waals surface area (Å²) >= 11 is 0. The van der Waals surface area contributed by atoms with Crippen LogP contribution < -0.4 is 5.32 Å². The van der Waals surface area contributed by atoms with Gasteiger partial charge in [-0.2, -0.15) is 0 Å². The van der Waals surface area contributed by atoms with Crippen LogP contribution in [0.3, 0.4) is 0 Å². The number of benzene rings is 7. The monoisotopic (exact) mass is 890 g/mol. The zero-order chi connectivity index (χ0) is 45.9. The zero-order valence-electron chi connectivity index (χ0n) is 39.0. The maximum absolute atomic E-state index is 5.16. The summed E-state index contributed by atoms with van der Waals surface area (Å²) < 4.78 is 4.90. The Balaban J connectivity index is 0.824. The highest BCUT2D eigenvalue weighted by Gasteiger charge is 2.36. The van der Waals surface area contributed by atoms with Crippen molar-refractivity contribution in [2.75, 3.05) is 0 Å². The van der Waals surface area contributed by atoms with Crippen molar-refractivity contribution in [2.24, 2.45) is 5.92 Å². The molecule has 0 saturated heterocycles. The fourth-order valence-electron chi connectivity index (χ4n) is 11.8. The van der Waals surface area contributed by atoms with Gasteiger partial charge in [0.25, 0.3) is 0 Å². The highest BCUT2D eigenvalue weighted by Crippen LogP contribution is 2.46. The van der Waals surface area contributed by atoms with E-state index in [0.717, 1.165) is 41.9 Å². The van der Waals surface area contributed by atoms with E-state index < -0.39 is 0 Å². The topological polar surface area (TPSA) is 34.8 Å². The molecule has 2 aliphatic carbocycles. The number of hydrogen-bond donors (Lipinski definition) is 1. The molecule has 0 amide bonds. The molecular weight excluding hydrogens is 837 g/mol. The van der Waals surface area contributed by atoms with Crippen molar-refractivity contribution < 1.29 is 0 Å². The Morgan fingerprint density at radius 3 is 1.80 bits per heavy atom. The van der Waals surface area contributed by atoms with Crippen LogP contribution in [-0.2, 0) is 5.41 Å². The first-order chi connectivity index (χ1) is 34.1. The second-order valence-electron chi connectivity index (χ2n) is 19.5. The largest absolute Gasteiger partial charge is 0.374 e. The van der Waals surface area contributed by atoms with Gasteiger partial charge >= 0.3 is 0 Å². The first-order valence-electron chi connectivity index (χ1n) is 24.9. The first-order valence-corrected chi connectivity index (χ1v) is 24.9. The Labute approximate surface area is 404 Å². The summed E-state index contributed by atoms with van der Waals surface area (Å²) in [6, 6.07) is 67.8. The van der Waals surface area contributed by atoms with Crippen LogP contribution >= 0.6 is 0 Å². The van der Waals surface area contributed by atoms with E-state index in [0.29, 0.717) is 5.92 Å². The maximum Gasteiger partial charge on any atom is 0.0709 e. The van der Waals surface area contributed by atoms with Gasteiger partial charge in [0.1, 0.15) is 0 Å². The van der Waals surface area contributed by atoms with Gasteiger partial charge in [-0.05, 0) is 132 Å². The molecule has 1 saturated carbocycles. The van der Waals surface area contributed by atoms with E-state index in [2.05, 4.69) is 240 Å². The van der Waals surface area contributed by atoms with E-state index in [4.69, 9.17) is 4.98 Å². The molecule has 4 heteroatoms. The number of fused-ring (bicyclic) bond motifs is 6. The molecule has 2 unspecified atom stereocenters. The summed E-state index contributed by atoms with van der Waals surface area (Å²) in [4.78, 5) is 5.16. The number of pyridine rings is 1. The van der Waals surface area contributed by atoms with Crippen molar-refractivity contribution in [3.8, 4) is 22.6 Å². The molecule has 0 bridgehead atoms. The summed E-state index contributed by atoms with van der Waals surface area (Å²) in [6.07, 6.45) is 20.5. The highest BCUT2D eigenvalue weighted by molar-refractivity contribution is 6.11. The Morgan fingerprint density at radius 2 is 1.13 bits per heavy atom. The van der Waals surface area contributed by atoms with Crippen molar-refractivity contribution in [3.63, 3.8) is 0 Å². The van der Waals surface area contributed by atoms with Crippen LogP contribution in [0.5, 0.6) is 0 Å². The summed E-state index contributed by atoms with van der Waals surface area (Å²) in [5.74, 6) is 0.574. The normalized spacial score (nSPS) is 17.9. The molecule has 69 heavy (non-hydrogen) atoms. The van der Waals surface area contributed by atoms with E-state index in [1.165, 1.54) is 102 Å². The van der Waals surface area contributed by atoms with Gasteiger partial charge in [-0.25, -0.2) is 4.98 Å². The Bertz CT molecular complexity index is 3700. The van der Waals surface area contributed by atoms with Gasteiger partial charge in [0.05, 0.1) is 39.5 Å². The molecule has 7 aromatic carbocycles. The SMILES string of the molecule is CC1C=CC(c2cccc(-c3ccc4c(c3)c3ccccc3n4-c3ccc(C4(c5ccc(-n6c7ccccc7c7cc(C8C=CC=C(c9ccccc9)N8)ccc76)cc5)CCCCC4)cc3)n2)=CC1. The van der Waals surface area contributed by atoms with Crippen LogP contribution in [-0.4, -0.2) is 14.1 Å². The summed E-state index contributed by atoms with van der Waals surface area (Å²) in [5.41, 5.74) is 18.0. The van der Waals surface area contributed by atoms with E-state index in [1.807, 2.05) is 0 Å². The Morgan fingerprint density at radius 1 is 0.522 bits per heavy atom. The van der Waals surface area contributed by atoms with E-state index in [-0.39, 0.29) is 11.5 Å². The van der Waals surface area contributed by atoms with Crippen molar-refractivity contribution in [1.29, 1.82) is 0 Å². The quantitative estimate of drug-likeness (QED) is 0.165. The van der Waals surface area contributed by atoms with Gasteiger partial charge < -0.3 is 14.5 Å². The van der Waals surface area contributed by atoms with Gasteiger partial charge in [0.2, 0.25) is 0 Å². The Kier molecular flexibility index (Phi) is 10.2. The summed E-state index contributed by atoms with van der Waals surface area (Å²) in [5, 5.41) is 8.83. The lowest BCUT2D eigenvalue weighted by Gasteiger charge is -2.39. The van der Waals surface area contributed by atoms with Gasteiger partial charge in [-0.1, -0.05) is 166 Å². The second kappa shape index (κ2) is 17.0. The molecule has 1 aliphatic heterocycles. The van der Waals surface area contributed by atoms with E-state index in [1.54, 1.807) is 0 Å². The molecule has 1 fully saturated rings. The van der Waals surface area contributed by atoms with Gasteiger partial charge in [0, 0.05) is 49.6 Å². The zero-order valence-corrected chi connectivity index (χ0v) is 39.0. The molecular formula is C65H54N4. The molecule has 0 spiro atoms. The lowest BCUT2D eigenvalue weighted by atomic mass is 9.65. The Hall–Kier alpha value is -7.95. The van der Waals surface area contributed by atoms with E-state index in [9.17, 15) is 0 Å². The fraction of sp³-hybridized carbons (Fsp3) is 0.154. The highest BCUT2D eigenvalue weighted by atomic mass is 15.0. The predicted octanol–water partition coefficient (Wildman–Crippen LogP) is 16.4. The minimum Gasteiger partial charge on any atom is -0.374 e. The van der Waals surface area contributed by atoms with E-state index >= 15 is 0 Å². The third kappa shape index (κ3) is 7.17. The van der Waals surface area contributed by atoms with Crippen LogP contribution in [0, 0.1) is 5.92 Å². The molecule has 1 N–H and O–H groups in total. The number of aromatic nitrogens is 3. The van der Waals surface area contributed by atoms with Gasteiger partial charge in [-0.3, -0.25) is 0 Å². The minimum absolute atomic E-state index is 0.0441. The molecule has 4 nitrogen and oxygen atoms in total. The second-order valence-corrected chi connectivity index (χ2v) is 19.5. The number of nitrogens with one attached hydrogen (secondary N) is 1. The minimum atomic E-state index is -0.0441. The predicted molar refractivity (Wildman–Crippen MR) is 289 cm³/mol. The lowest BCUT2D eigenvalue weighted by Crippen LogP contribution is -2.30. The average Bonchev–Trinajstić information content (AvgIpc) is 3.94. The standard InChI is InChI=1S/C65H54N4/c1-44-24-26-46(27-25-44)58-19-13-21-60(67-58)48-29-39-64-56(43-48)54-17-7-9-23-62(54)69(64)52-36-32-50(33-37-52)65(40-10-3-11-41-65)49-30-34-51(35-31-49)68-61-22-8-6-16-53(61)55-42-47(28-38-63(55)68)59-20-12-18-57(66-59)45-14-4-2-5-15-45/h2,4-9,12-24,26-39,42-44,59,66H,3,10-11,25,40-41H2,1H3. The first kappa shape index (κ1) is 41.3. The molecule has 334 valence electrons. The third-order valence-electron chi connectivity index (χ3n) is 15.4. The molecule has 2 atom stereocenters. The number of dihydropyridines is 1. The molecule has 0 radical (unpaired) electrons. The number of nitrogens with zero attached hydrogens (tertiary/aromatic N) is 3. The van der Waals surface area contributed by atoms with Crippen LogP contribution in [0.15, 0.2) is 218 Å². The van der Waals surface area contributed by atoms with Gasteiger partial charge in [0.15, 0.2) is 0 Å². The number of rotatable bonds is 8. The van der Waals surface area contributed by atoms with Crippen molar-refractivity contribution in [1.82, 2.24) is 19.4 Å². The molecule has 3 aromatic heterocycles. The smallest absolute Gasteiger partial charge is 0.0709 e. The maximum atomic E-state index is 5.16. The van der Waals surface area contributed by atoms with Crippen LogP contribution in [0.1, 0.15) is 79.4 Å².